The van der Waals surface area contributed by atoms with E-state index in [1.165, 1.54) is 21.6 Å². The van der Waals surface area contributed by atoms with Crippen molar-refractivity contribution in [2.75, 3.05) is 0 Å². The molecule has 1 N–H and O–H groups in total. The molecule has 0 fully saturated rings. The van der Waals surface area contributed by atoms with E-state index in [0.717, 1.165) is 10.8 Å². The Morgan fingerprint density at radius 2 is 2.00 bits per heavy atom. The third-order valence-electron chi connectivity index (χ3n) is 2.85. The predicted molar refractivity (Wildman–Crippen MR) is 81.9 cm³/mol. The highest BCUT2D eigenvalue weighted by Crippen LogP contribution is 2.19. The summed E-state index contributed by atoms with van der Waals surface area (Å²) < 4.78 is 2.39. The summed E-state index contributed by atoms with van der Waals surface area (Å²) in [5, 5.41) is 9.28. The van der Waals surface area contributed by atoms with Crippen molar-refractivity contribution in [3.8, 4) is 5.82 Å². The Balaban J connectivity index is 2.11. The lowest BCUT2D eigenvalue weighted by molar-refractivity contribution is -0.131. The first kappa shape index (κ1) is 13.3. The molecular weight excluding hydrogens is 288 g/mol. The molecule has 1 aromatic carbocycles. The summed E-state index contributed by atoms with van der Waals surface area (Å²) in [6.45, 7) is 0. The molecule has 0 atom stereocenters. The van der Waals surface area contributed by atoms with Gasteiger partial charge in [0.2, 0.25) is 0 Å². The van der Waals surface area contributed by atoms with Gasteiger partial charge < -0.3 is 5.11 Å². The van der Waals surface area contributed by atoms with Gasteiger partial charge in [-0.15, -0.1) is 0 Å². The maximum atomic E-state index is 12.3. The predicted octanol–water partition coefficient (Wildman–Crippen LogP) is 2.55. The van der Waals surface area contributed by atoms with Gasteiger partial charge in [-0.1, -0.05) is 18.2 Å². The van der Waals surface area contributed by atoms with Gasteiger partial charge in [0.25, 0.3) is 5.56 Å². The number of rotatable bonds is 3. The summed E-state index contributed by atoms with van der Waals surface area (Å²) in [5.41, 5.74) is 0.363. The highest BCUT2D eigenvalue weighted by molar-refractivity contribution is 7.14. The maximum absolute atomic E-state index is 12.3. The zero-order valence-corrected chi connectivity index (χ0v) is 11.6. The van der Waals surface area contributed by atoms with Gasteiger partial charge in [0.15, 0.2) is 0 Å². The van der Waals surface area contributed by atoms with Gasteiger partial charge in [0.05, 0.1) is 15.8 Å². The van der Waals surface area contributed by atoms with Crippen LogP contribution in [0.1, 0.15) is 5.69 Å². The summed E-state index contributed by atoms with van der Waals surface area (Å²) in [5.74, 6) is -0.560. The SMILES string of the molecule is O=C(O)/C=C/c1cccc(-n2sc3ccccc3c2=O)n1. The molecule has 3 aromatic rings. The number of aliphatic carboxylic acids is 1. The second kappa shape index (κ2) is 5.34. The van der Waals surface area contributed by atoms with Crippen LogP contribution >= 0.6 is 11.5 Å². The highest BCUT2D eigenvalue weighted by atomic mass is 32.1. The molecule has 0 unspecified atom stereocenters. The van der Waals surface area contributed by atoms with E-state index in [2.05, 4.69) is 4.98 Å². The van der Waals surface area contributed by atoms with Crippen LogP contribution in [0.15, 0.2) is 53.3 Å². The van der Waals surface area contributed by atoms with Gasteiger partial charge in [0, 0.05) is 6.08 Å². The molecule has 0 saturated carbocycles. The minimum absolute atomic E-state index is 0.123. The van der Waals surface area contributed by atoms with Crippen molar-refractivity contribution < 1.29 is 9.90 Å². The number of carboxylic acid groups (broad SMARTS) is 1. The van der Waals surface area contributed by atoms with E-state index in [4.69, 9.17) is 5.11 Å². The molecule has 0 spiro atoms. The van der Waals surface area contributed by atoms with E-state index in [-0.39, 0.29) is 5.56 Å². The van der Waals surface area contributed by atoms with Gasteiger partial charge in [-0.2, -0.15) is 0 Å². The fraction of sp³-hybridized carbons (Fsp3) is 0. The number of carbonyl (C=O) groups is 1. The summed E-state index contributed by atoms with van der Waals surface area (Å²) in [6.07, 6.45) is 2.41. The van der Waals surface area contributed by atoms with Crippen molar-refractivity contribution >= 4 is 33.7 Å². The smallest absolute Gasteiger partial charge is 0.328 e. The van der Waals surface area contributed by atoms with Gasteiger partial charge in [-0.3, -0.25) is 4.79 Å². The van der Waals surface area contributed by atoms with Crippen LogP contribution in [0.25, 0.3) is 22.0 Å². The lowest BCUT2D eigenvalue weighted by Crippen LogP contribution is -2.12. The monoisotopic (exact) mass is 298 g/mol. The topological polar surface area (TPSA) is 72.2 Å². The first-order chi connectivity index (χ1) is 10.1. The van der Waals surface area contributed by atoms with E-state index >= 15 is 0 Å². The quantitative estimate of drug-likeness (QED) is 0.754. The zero-order valence-electron chi connectivity index (χ0n) is 10.8. The molecule has 5 nitrogen and oxygen atoms in total. The summed E-state index contributed by atoms with van der Waals surface area (Å²) >= 11 is 1.31. The second-order valence-electron chi connectivity index (χ2n) is 4.28. The molecule has 104 valence electrons. The first-order valence-electron chi connectivity index (χ1n) is 6.15. The molecule has 0 bridgehead atoms. The van der Waals surface area contributed by atoms with E-state index in [0.29, 0.717) is 16.9 Å². The van der Waals surface area contributed by atoms with Gasteiger partial charge >= 0.3 is 5.97 Å². The molecule has 0 aliphatic heterocycles. The molecule has 2 heterocycles. The Hall–Kier alpha value is -2.73. The Kier molecular flexibility index (Phi) is 3.37. The highest BCUT2D eigenvalue weighted by Gasteiger charge is 2.09. The largest absolute Gasteiger partial charge is 0.478 e. The second-order valence-corrected chi connectivity index (χ2v) is 5.27. The van der Waals surface area contributed by atoms with E-state index in [1.54, 1.807) is 24.3 Å². The van der Waals surface area contributed by atoms with Crippen molar-refractivity contribution in [2.45, 2.75) is 0 Å². The van der Waals surface area contributed by atoms with Crippen molar-refractivity contribution in [3.05, 3.63) is 64.6 Å². The minimum Gasteiger partial charge on any atom is -0.478 e. The van der Waals surface area contributed by atoms with Gasteiger partial charge in [-0.05, 0) is 41.9 Å². The number of nitrogens with zero attached hydrogens (tertiary/aromatic N) is 2. The third kappa shape index (κ3) is 2.61. The fourth-order valence-corrected chi connectivity index (χ4v) is 2.89. The molecular formula is C15H10N2O3S. The van der Waals surface area contributed by atoms with Crippen LogP contribution in [0.5, 0.6) is 0 Å². The van der Waals surface area contributed by atoms with Crippen LogP contribution in [-0.4, -0.2) is 20.0 Å². The van der Waals surface area contributed by atoms with E-state index in [9.17, 15) is 9.59 Å². The number of carboxylic acids is 1. The lowest BCUT2D eigenvalue weighted by Gasteiger charge is -2.00. The van der Waals surface area contributed by atoms with Crippen LogP contribution in [-0.2, 0) is 4.79 Å². The summed E-state index contributed by atoms with van der Waals surface area (Å²) in [6, 6.07) is 12.5. The average Bonchev–Trinajstić information content (AvgIpc) is 2.83. The van der Waals surface area contributed by atoms with E-state index in [1.807, 2.05) is 18.2 Å². The third-order valence-corrected chi connectivity index (χ3v) is 3.94. The Bertz CT molecular complexity index is 908. The maximum Gasteiger partial charge on any atom is 0.328 e. The van der Waals surface area contributed by atoms with Crippen molar-refractivity contribution in [2.24, 2.45) is 0 Å². The molecule has 0 aliphatic rings. The average molecular weight is 298 g/mol. The van der Waals surface area contributed by atoms with Crippen molar-refractivity contribution in [3.63, 3.8) is 0 Å². The van der Waals surface area contributed by atoms with Crippen molar-refractivity contribution in [1.29, 1.82) is 0 Å². The molecule has 2 aromatic heterocycles. The number of aromatic nitrogens is 2. The lowest BCUT2D eigenvalue weighted by atomic mass is 10.3. The standard InChI is InChI=1S/C15H10N2O3S/c18-14(19)9-8-10-4-3-7-13(16-10)17-15(20)11-5-1-2-6-12(11)21-17/h1-9H,(H,18,19)/b9-8+. The normalized spacial score (nSPS) is 11.2. The number of hydrogen-bond acceptors (Lipinski definition) is 4. The molecule has 0 radical (unpaired) electrons. The Morgan fingerprint density at radius 3 is 2.76 bits per heavy atom. The van der Waals surface area contributed by atoms with Crippen molar-refractivity contribution in [1.82, 2.24) is 8.94 Å². The molecule has 0 saturated heterocycles. The van der Waals surface area contributed by atoms with E-state index < -0.39 is 5.97 Å². The summed E-state index contributed by atoms with van der Waals surface area (Å²) in [4.78, 5) is 27.2. The number of hydrogen-bond donors (Lipinski definition) is 1. The number of pyridine rings is 1. The zero-order chi connectivity index (χ0) is 14.8. The number of benzene rings is 1. The Labute approximate surface area is 123 Å². The molecule has 0 amide bonds. The van der Waals surface area contributed by atoms with Crippen LogP contribution in [0.4, 0.5) is 0 Å². The first-order valence-corrected chi connectivity index (χ1v) is 6.92. The Morgan fingerprint density at radius 1 is 1.19 bits per heavy atom. The molecule has 21 heavy (non-hydrogen) atoms. The number of fused-ring (bicyclic) bond motifs is 1. The fourth-order valence-electron chi connectivity index (χ4n) is 1.93. The van der Waals surface area contributed by atoms with Crippen LogP contribution in [0, 0.1) is 0 Å². The van der Waals surface area contributed by atoms with Crippen LogP contribution < -0.4 is 5.56 Å². The van der Waals surface area contributed by atoms with Crippen LogP contribution in [0.3, 0.4) is 0 Å². The van der Waals surface area contributed by atoms with Gasteiger partial charge in [-0.25, -0.2) is 13.7 Å². The van der Waals surface area contributed by atoms with Gasteiger partial charge in [0.1, 0.15) is 5.82 Å². The molecule has 6 heteroatoms. The van der Waals surface area contributed by atoms with Crippen LogP contribution in [0.2, 0.25) is 0 Å². The molecule has 3 rings (SSSR count). The molecule has 0 aliphatic carbocycles. The summed E-state index contributed by atoms with van der Waals surface area (Å²) in [7, 11) is 0. The minimum atomic E-state index is -1.04.